The third-order valence-electron chi connectivity index (χ3n) is 2.01. The van der Waals surface area contributed by atoms with Gasteiger partial charge in [0.25, 0.3) is 5.95 Å². The molecule has 0 fully saturated rings. The molecule has 0 unspecified atom stereocenters. The van der Waals surface area contributed by atoms with Crippen LogP contribution in [0.25, 0.3) is 11.0 Å². The van der Waals surface area contributed by atoms with Crippen LogP contribution < -0.4 is 0 Å². The molecule has 0 radical (unpaired) electrons. The van der Waals surface area contributed by atoms with Crippen molar-refractivity contribution in [3.05, 3.63) is 42.5 Å². The van der Waals surface area contributed by atoms with Crippen molar-refractivity contribution in [1.82, 2.24) is 0 Å². The van der Waals surface area contributed by atoms with Gasteiger partial charge in [-0.15, -0.1) is 0 Å². The van der Waals surface area contributed by atoms with E-state index in [2.05, 4.69) is 6.58 Å². The molecule has 0 amide bonds. The molecular formula is C11H8O3. The Morgan fingerprint density at radius 1 is 1.43 bits per heavy atom. The summed E-state index contributed by atoms with van der Waals surface area (Å²) < 4.78 is 5.01. The first-order chi connectivity index (χ1) is 6.74. The first-order valence-corrected chi connectivity index (χ1v) is 4.11. The van der Waals surface area contributed by atoms with E-state index in [4.69, 9.17) is 4.42 Å². The first-order valence-electron chi connectivity index (χ1n) is 4.11. The molecule has 3 heteroatoms. The average Bonchev–Trinajstić information content (AvgIpc) is 2.53. The highest BCUT2D eigenvalue weighted by Gasteiger charge is 2.17. The largest absolute Gasteiger partial charge is 0.480 e. The second kappa shape index (κ2) is 3.03. The Morgan fingerprint density at radius 3 is 2.86 bits per heavy atom. The highest BCUT2D eigenvalue weighted by atomic mass is 16.5. The van der Waals surface area contributed by atoms with E-state index in [0.29, 0.717) is 11.0 Å². The number of ketones is 1. The molecule has 1 aromatic heterocycles. The quantitative estimate of drug-likeness (QED) is 0.581. The lowest BCUT2D eigenvalue weighted by atomic mass is 10.1. The third kappa shape index (κ3) is 1.10. The van der Waals surface area contributed by atoms with Gasteiger partial charge < -0.3 is 9.52 Å². The molecule has 1 aromatic carbocycles. The molecule has 0 aliphatic heterocycles. The zero-order chi connectivity index (χ0) is 10.1. The van der Waals surface area contributed by atoms with Gasteiger partial charge in [0.1, 0.15) is 11.1 Å². The summed E-state index contributed by atoms with van der Waals surface area (Å²) in [4.78, 5) is 11.4. The van der Waals surface area contributed by atoms with Gasteiger partial charge in [0, 0.05) is 5.39 Å². The van der Waals surface area contributed by atoms with Crippen molar-refractivity contribution in [3.63, 3.8) is 0 Å². The van der Waals surface area contributed by atoms with Gasteiger partial charge in [-0.25, -0.2) is 0 Å². The number of rotatable bonds is 2. The summed E-state index contributed by atoms with van der Waals surface area (Å²) in [7, 11) is 0. The molecular weight excluding hydrogens is 180 g/mol. The summed E-state index contributed by atoms with van der Waals surface area (Å²) in [6.45, 7) is 3.36. The summed E-state index contributed by atoms with van der Waals surface area (Å²) in [5.41, 5.74) is 0.672. The van der Waals surface area contributed by atoms with E-state index >= 15 is 0 Å². The predicted molar refractivity (Wildman–Crippen MR) is 52.4 cm³/mol. The zero-order valence-electron chi connectivity index (χ0n) is 7.36. The van der Waals surface area contributed by atoms with Gasteiger partial charge >= 0.3 is 0 Å². The molecule has 0 saturated heterocycles. The normalized spacial score (nSPS) is 10.3. The van der Waals surface area contributed by atoms with Crippen molar-refractivity contribution < 1.29 is 14.3 Å². The molecule has 14 heavy (non-hydrogen) atoms. The van der Waals surface area contributed by atoms with Gasteiger partial charge in [0.15, 0.2) is 5.78 Å². The van der Waals surface area contributed by atoms with E-state index in [9.17, 15) is 9.90 Å². The number of furan rings is 1. The van der Waals surface area contributed by atoms with Gasteiger partial charge in [-0.2, -0.15) is 0 Å². The number of carbonyl (C=O) groups excluding carboxylic acids is 1. The van der Waals surface area contributed by atoms with E-state index in [1.807, 2.05) is 0 Å². The molecule has 0 aliphatic rings. The molecule has 1 N–H and O–H groups in total. The summed E-state index contributed by atoms with van der Waals surface area (Å²) in [5, 5.41) is 10.0. The molecule has 0 spiro atoms. The number of hydrogen-bond donors (Lipinski definition) is 1. The van der Waals surface area contributed by atoms with E-state index < -0.39 is 0 Å². The summed E-state index contributed by atoms with van der Waals surface area (Å²) in [6.07, 6.45) is 1.15. The monoisotopic (exact) mass is 188 g/mol. The summed E-state index contributed by atoms with van der Waals surface area (Å²) in [6, 6.07) is 6.95. The predicted octanol–water partition coefficient (Wildman–Crippen LogP) is 2.51. The number of aromatic hydroxyl groups is 1. The van der Waals surface area contributed by atoms with Crippen LogP contribution in [0.3, 0.4) is 0 Å². The molecule has 0 aliphatic carbocycles. The molecule has 3 nitrogen and oxygen atoms in total. The van der Waals surface area contributed by atoms with E-state index in [0.717, 1.165) is 6.08 Å². The lowest BCUT2D eigenvalue weighted by Crippen LogP contribution is -1.91. The standard InChI is InChI=1S/C11H8O3/c1-2-8(12)10-7-5-3-4-6-9(7)14-11(10)13/h2-6,13H,1H2. The van der Waals surface area contributed by atoms with E-state index in [1.165, 1.54) is 0 Å². The number of hydrogen-bond acceptors (Lipinski definition) is 3. The number of allylic oxidation sites excluding steroid dienone is 1. The third-order valence-corrected chi connectivity index (χ3v) is 2.01. The van der Waals surface area contributed by atoms with Gasteiger partial charge in [-0.3, -0.25) is 4.79 Å². The Hall–Kier alpha value is -2.03. The van der Waals surface area contributed by atoms with Gasteiger partial charge in [-0.05, 0) is 12.1 Å². The minimum Gasteiger partial charge on any atom is -0.480 e. The lowest BCUT2D eigenvalue weighted by Gasteiger charge is -1.90. The smallest absolute Gasteiger partial charge is 0.294 e. The Kier molecular flexibility index (Phi) is 1.85. The number of carbonyl (C=O) groups is 1. The van der Waals surface area contributed by atoms with Crippen molar-refractivity contribution in [3.8, 4) is 5.95 Å². The van der Waals surface area contributed by atoms with Crippen LogP contribution in [0.5, 0.6) is 5.95 Å². The van der Waals surface area contributed by atoms with Crippen LogP contribution in [-0.4, -0.2) is 10.9 Å². The van der Waals surface area contributed by atoms with Crippen LogP contribution in [0.15, 0.2) is 41.3 Å². The lowest BCUT2D eigenvalue weighted by molar-refractivity contribution is 0.104. The Bertz CT molecular complexity index is 508. The van der Waals surface area contributed by atoms with Gasteiger partial charge in [0.05, 0.1) is 0 Å². The average molecular weight is 188 g/mol. The number of fused-ring (bicyclic) bond motifs is 1. The number of para-hydroxylation sites is 1. The molecule has 1 heterocycles. The van der Waals surface area contributed by atoms with Crippen molar-refractivity contribution in [1.29, 1.82) is 0 Å². The van der Waals surface area contributed by atoms with E-state index in [-0.39, 0.29) is 17.3 Å². The maximum absolute atomic E-state index is 11.4. The minimum absolute atomic E-state index is 0.176. The molecule has 2 rings (SSSR count). The van der Waals surface area contributed by atoms with Gasteiger partial charge in [-0.1, -0.05) is 24.8 Å². The molecule has 70 valence electrons. The van der Waals surface area contributed by atoms with Crippen molar-refractivity contribution in [2.75, 3.05) is 0 Å². The highest BCUT2D eigenvalue weighted by Crippen LogP contribution is 2.30. The maximum Gasteiger partial charge on any atom is 0.294 e. The van der Waals surface area contributed by atoms with Crippen molar-refractivity contribution >= 4 is 16.8 Å². The molecule has 0 atom stereocenters. The van der Waals surface area contributed by atoms with Crippen LogP contribution in [0.2, 0.25) is 0 Å². The van der Waals surface area contributed by atoms with Crippen LogP contribution in [-0.2, 0) is 0 Å². The topological polar surface area (TPSA) is 50.4 Å². The SMILES string of the molecule is C=CC(=O)c1c(O)oc2ccccc12. The van der Waals surface area contributed by atoms with Crippen molar-refractivity contribution in [2.45, 2.75) is 0 Å². The van der Waals surface area contributed by atoms with Crippen LogP contribution >= 0.6 is 0 Å². The molecule has 2 aromatic rings. The zero-order valence-corrected chi connectivity index (χ0v) is 7.36. The van der Waals surface area contributed by atoms with Crippen LogP contribution in [0.4, 0.5) is 0 Å². The van der Waals surface area contributed by atoms with Gasteiger partial charge in [0.2, 0.25) is 0 Å². The second-order valence-electron chi connectivity index (χ2n) is 2.85. The molecule has 0 saturated carbocycles. The van der Waals surface area contributed by atoms with Crippen LogP contribution in [0, 0.1) is 0 Å². The Balaban J connectivity index is 2.80. The fourth-order valence-corrected chi connectivity index (χ4v) is 1.37. The first kappa shape index (κ1) is 8.56. The van der Waals surface area contributed by atoms with E-state index in [1.54, 1.807) is 24.3 Å². The Labute approximate surface area is 80.3 Å². The maximum atomic E-state index is 11.4. The minimum atomic E-state index is -0.351. The highest BCUT2D eigenvalue weighted by molar-refractivity contribution is 6.14. The molecule has 0 bridgehead atoms. The second-order valence-corrected chi connectivity index (χ2v) is 2.85. The Morgan fingerprint density at radius 2 is 2.14 bits per heavy atom. The number of benzene rings is 1. The summed E-state index contributed by atoms with van der Waals surface area (Å²) >= 11 is 0. The fraction of sp³-hybridized carbons (Fsp3) is 0. The van der Waals surface area contributed by atoms with Crippen molar-refractivity contribution in [2.24, 2.45) is 0 Å². The van der Waals surface area contributed by atoms with Crippen LogP contribution in [0.1, 0.15) is 10.4 Å². The summed E-state index contributed by atoms with van der Waals surface area (Å²) in [5.74, 6) is -0.691. The fourth-order valence-electron chi connectivity index (χ4n) is 1.37.